The van der Waals surface area contributed by atoms with E-state index in [-0.39, 0.29) is 43.4 Å². The average Bonchev–Trinajstić information content (AvgIpc) is 2.51. The third kappa shape index (κ3) is 7.74. The molecule has 9 heteroatoms. The lowest BCUT2D eigenvalue weighted by molar-refractivity contribution is -0.138. The number of carbonyl (C=O) groups is 2. The first-order valence-corrected chi connectivity index (χ1v) is 7.58. The second-order valence-electron chi connectivity index (χ2n) is 5.74. The Kier molecular flexibility index (Phi) is 9.51. The van der Waals surface area contributed by atoms with E-state index in [1.807, 2.05) is 0 Å². The summed E-state index contributed by atoms with van der Waals surface area (Å²) in [5.74, 6) is -0.988. The third-order valence-corrected chi connectivity index (χ3v) is 3.48. The fourth-order valence-electron chi connectivity index (χ4n) is 2.00. The van der Waals surface area contributed by atoms with E-state index >= 15 is 0 Å². The van der Waals surface area contributed by atoms with Gasteiger partial charge in [0.1, 0.15) is 0 Å². The van der Waals surface area contributed by atoms with Gasteiger partial charge in [-0.2, -0.15) is 13.2 Å². The summed E-state index contributed by atoms with van der Waals surface area (Å²) in [4.78, 5) is 23.2. The van der Waals surface area contributed by atoms with Crippen molar-refractivity contribution in [2.45, 2.75) is 32.5 Å². The molecule has 2 amide bonds. The zero-order valence-electron chi connectivity index (χ0n) is 14.0. The molecule has 1 aromatic carbocycles. The Morgan fingerprint density at radius 3 is 2.32 bits per heavy atom. The Labute approximate surface area is 150 Å². The van der Waals surface area contributed by atoms with Gasteiger partial charge in [0.05, 0.1) is 18.2 Å². The van der Waals surface area contributed by atoms with E-state index in [4.69, 9.17) is 5.73 Å². The van der Waals surface area contributed by atoms with Crippen molar-refractivity contribution in [2.24, 2.45) is 11.7 Å². The Hall–Kier alpha value is -1.80. The number of hydrogen-bond acceptors (Lipinski definition) is 3. The highest BCUT2D eigenvalue weighted by Crippen LogP contribution is 2.31. The van der Waals surface area contributed by atoms with Crippen molar-refractivity contribution in [3.05, 3.63) is 35.4 Å². The fourth-order valence-corrected chi connectivity index (χ4v) is 2.00. The van der Waals surface area contributed by atoms with Gasteiger partial charge in [-0.3, -0.25) is 9.59 Å². The molecule has 0 spiro atoms. The van der Waals surface area contributed by atoms with Crippen LogP contribution in [-0.4, -0.2) is 30.9 Å². The lowest BCUT2D eigenvalue weighted by Gasteiger charge is -2.15. The van der Waals surface area contributed by atoms with Crippen LogP contribution in [-0.2, 0) is 22.2 Å². The van der Waals surface area contributed by atoms with Crippen molar-refractivity contribution in [3.8, 4) is 0 Å². The maximum atomic E-state index is 12.8. The van der Waals surface area contributed by atoms with Crippen LogP contribution < -0.4 is 16.4 Å². The minimum Gasteiger partial charge on any atom is -0.354 e. The minimum absolute atomic E-state index is 0. The van der Waals surface area contributed by atoms with E-state index in [0.717, 1.165) is 6.07 Å². The van der Waals surface area contributed by atoms with Crippen LogP contribution in [0.4, 0.5) is 13.2 Å². The van der Waals surface area contributed by atoms with E-state index < -0.39 is 29.6 Å². The lowest BCUT2D eigenvalue weighted by atomic mass is 10.0. The van der Waals surface area contributed by atoms with E-state index in [1.165, 1.54) is 18.2 Å². The molecular formula is C16H23ClF3N3O2. The molecule has 0 unspecified atom stereocenters. The Morgan fingerprint density at radius 1 is 1.16 bits per heavy atom. The van der Waals surface area contributed by atoms with Crippen LogP contribution in [0.15, 0.2) is 24.3 Å². The molecule has 0 saturated carbocycles. The quantitative estimate of drug-likeness (QED) is 0.674. The van der Waals surface area contributed by atoms with Gasteiger partial charge in [0, 0.05) is 6.54 Å². The molecule has 0 saturated heterocycles. The molecular weight excluding hydrogens is 359 g/mol. The molecule has 142 valence electrons. The van der Waals surface area contributed by atoms with Gasteiger partial charge in [0.25, 0.3) is 0 Å². The summed E-state index contributed by atoms with van der Waals surface area (Å²) in [6, 6.07) is 4.50. The summed E-state index contributed by atoms with van der Waals surface area (Å²) in [7, 11) is 0. The molecule has 0 radical (unpaired) electrons. The summed E-state index contributed by atoms with van der Waals surface area (Å²) in [5.41, 5.74) is 5.02. The molecule has 0 aliphatic rings. The van der Waals surface area contributed by atoms with Crippen molar-refractivity contribution in [2.75, 3.05) is 13.1 Å². The Bertz CT molecular complexity index is 580. The molecule has 25 heavy (non-hydrogen) atoms. The molecule has 0 aliphatic carbocycles. The molecule has 0 fully saturated rings. The summed E-state index contributed by atoms with van der Waals surface area (Å²) in [6.45, 7) is 3.34. The Morgan fingerprint density at radius 2 is 1.76 bits per heavy atom. The molecule has 1 rings (SSSR count). The standard InChI is InChI=1S/C16H22F3N3O2.ClH/c1-10(2)14(20)15(24)22-9-13(23)21-8-7-11-5-3-4-6-12(11)16(17,18)19;/h3-6,10,14H,7-9,20H2,1-2H3,(H,21,23)(H,22,24);1H/t14-;/m0./s1. The lowest BCUT2D eigenvalue weighted by Crippen LogP contribution is -2.47. The molecule has 5 nitrogen and oxygen atoms in total. The van der Waals surface area contributed by atoms with Crippen LogP contribution in [0.2, 0.25) is 0 Å². The number of amides is 2. The monoisotopic (exact) mass is 381 g/mol. The summed E-state index contributed by atoms with van der Waals surface area (Å²) < 4.78 is 38.5. The molecule has 4 N–H and O–H groups in total. The average molecular weight is 382 g/mol. The maximum absolute atomic E-state index is 12.8. The number of halogens is 4. The minimum atomic E-state index is -4.43. The molecule has 0 aliphatic heterocycles. The van der Waals surface area contributed by atoms with Gasteiger partial charge in [0.2, 0.25) is 11.8 Å². The molecule has 1 aromatic rings. The van der Waals surface area contributed by atoms with Crippen molar-refractivity contribution < 1.29 is 22.8 Å². The molecule has 1 atom stereocenters. The molecule has 0 heterocycles. The fraction of sp³-hybridized carbons (Fsp3) is 0.500. The summed E-state index contributed by atoms with van der Waals surface area (Å²) in [6.07, 6.45) is -4.39. The Balaban J connectivity index is 0.00000576. The van der Waals surface area contributed by atoms with Crippen molar-refractivity contribution >= 4 is 24.2 Å². The van der Waals surface area contributed by atoms with E-state index in [0.29, 0.717) is 0 Å². The first-order valence-electron chi connectivity index (χ1n) is 7.58. The highest BCUT2D eigenvalue weighted by molar-refractivity contribution is 5.87. The summed E-state index contributed by atoms with van der Waals surface area (Å²) in [5, 5.41) is 4.86. The predicted octanol–water partition coefficient (Wildman–Crippen LogP) is 1.89. The number of hydrogen-bond donors (Lipinski definition) is 3. The number of benzene rings is 1. The number of rotatable bonds is 7. The smallest absolute Gasteiger partial charge is 0.354 e. The predicted molar refractivity (Wildman–Crippen MR) is 91.2 cm³/mol. The van der Waals surface area contributed by atoms with Gasteiger partial charge >= 0.3 is 6.18 Å². The zero-order chi connectivity index (χ0) is 18.3. The van der Waals surface area contributed by atoms with Crippen molar-refractivity contribution in [1.29, 1.82) is 0 Å². The topological polar surface area (TPSA) is 84.2 Å². The highest BCUT2D eigenvalue weighted by atomic mass is 35.5. The highest BCUT2D eigenvalue weighted by Gasteiger charge is 2.32. The first kappa shape index (κ1) is 23.2. The number of nitrogens with one attached hydrogen (secondary N) is 2. The number of carbonyl (C=O) groups excluding carboxylic acids is 2. The zero-order valence-corrected chi connectivity index (χ0v) is 14.8. The normalized spacial score (nSPS) is 12.3. The van der Waals surface area contributed by atoms with Gasteiger partial charge in [0.15, 0.2) is 0 Å². The van der Waals surface area contributed by atoms with Gasteiger partial charge in [-0.05, 0) is 24.0 Å². The maximum Gasteiger partial charge on any atom is 0.416 e. The first-order chi connectivity index (χ1) is 11.1. The van der Waals surface area contributed by atoms with Gasteiger partial charge in [-0.25, -0.2) is 0 Å². The largest absolute Gasteiger partial charge is 0.416 e. The van der Waals surface area contributed by atoms with Crippen LogP contribution in [0.25, 0.3) is 0 Å². The molecule has 0 aromatic heterocycles. The van der Waals surface area contributed by atoms with Gasteiger partial charge < -0.3 is 16.4 Å². The van der Waals surface area contributed by atoms with Crippen molar-refractivity contribution in [3.63, 3.8) is 0 Å². The van der Waals surface area contributed by atoms with Crippen LogP contribution >= 0.6 is 12.4 Å². The van der Waals surface area contributed by atoms with E-state index in [1.54, 1.807) is 13.8 Å². The second-order valence-corrected chi connectivity index (χ2v) is 5.74. The van der Waals surface area contributed by atoms with E-state index in [2.05, 4.69) is 10.6 Å². The molecule has 0 bridgehead atoms. The van der Waals surface area contributed by atoms with Gasteiger partial charge in [-0.15, -0.1) is 12.4 Å². The summed E-state index contributed by atoms with van der Waals surface area (Å²) >= 11 is 0. The van der Waals surface area contributed by atoms with Crippen LogP contribution in [0.3, 0.4) is 0 Å². The number of alkyl halides is 3. The van der Waals surface area contributed by atoms with Crippen LogP contribution in [0, 0.1) is 5.92 Å². The third-order valence-electron chi connectivity index (χ3n) is 3.48. The van der Waals surface area contributed by atoms with E-state index in [9.17, 15) is 22.8 Å². The second kappa shape index (κ2) is 10.2. The van der Waals surface area contributed by atoms with Crippen LogP contribution in [0.1, 0.15) is 25.0 Å². The van der Waals surface area contributed by atoms with Crippen molar-refractivity contribution in [1.82, 2.24) is 10.6 Å². The van der Waals surface area contributed by atoms with Gasteiger partial charge in [-0.1, -0.05) is 32.0 Å². The number of nitrogens with two attached hydrogens (primary N) is 1. The van der Waals surface area contributed by atoms with Crippen LogP contribution in [0.5, 0.6) is 0 Å². The SMILES string of the molecule is CC(C)[C@H](N)C(=O)NCC(=O)NCCc1ccccc1C(F)(F)F.Cl.